The van der Waals surface area contributed by atoms with Crippen molar-refractivity contribution in [1.82, 2.24) is 4.72 Å². The Morgan fingerprint density at radius 2 is 1.94 bits per heavy atom. The average molecular weight is 260 g/mol. The quantitative estimate of drug-likeness (QED) is 0.882. The Bertz CT molecular complexity index is 465. The van der Waals surface area contributed by atoms with E-state index >= 15 is 0 Å². The molecule has 0 bridgehead atoms. The average Bonchev–Trinajstić information content (AvgIpc) is 2.27. The second-order valence-corrected chi connectivity index (χ2v) is 5.64. The van der Waals surface area contributed by atoms with Crippen molar-refractivity contribution in [3.8, 4) is 0 Å². The number of hydrogen-bond donors (Lipinski definition) is 1. The second-order valence-electron chi connectivity index (χ2n) is 3.34. The van der Waals surface area contributed by atoms with Gasteiger partial charge >= 0.3 is 0 Å². The predicted molar refractivity (Wildman–Crippen MR) is 66.0 cm³/mol. The molecule has 0 radical (unpaired) electrons. The lowest BCUT2D eigenvalue weighted by Crippen LogP contribution is -2.24. The highest BCUT2D eigenvalue weighted by molar-refractivity contribution is 7.89. The number of sulfonamides is 1. The van der Waals surface area contributed by atoms with E-state index in [0.29, 0.717) is 0 Å². The highest BCUT2D eigenvalue weighted by Gasteiger charge is 2.12. The van der Waals surface area contributed by atoms with Gasteiger partial charge in [0.15, 0.2) is 0 Å². The van der Waals surface area contributed by atoms with Gasteiger partial charge in [0.2, 0.25) is 10.0 Å². The summed E-state index contributed by atoms with van der Waals surface area (Å²) in [6.45, 7) is 5.47. The fraction of sp³-hybridized carbons (Fsp3) is 0.273. The van der Waals surface area contributed by atoms with Crippen molar-refractivity contribution in [2.24, 2.45) is 0 Å². The molecule has 0 aromatic heterocycles. The first kappa shape index (κ1) is 13.2. The van der Waals surface area contributed by atoms with E-state index in [2.05, 4.69) is 11.3 Å². The maximum atomic E-state index is 11.7. The van der Waals surface area contributed by atoms with E-state index in [1.807, 2.05) is 6.92 Å². The number of aryl methyl sites for hydroxylation is 1. The maximum absolute atomic E-state index is 11.7. The summed E-state index contributed by atoms with van der Waals surface area (Å²) in [5.74, 6) is 0. The van der Waals surface area contributed by atoms with E-state index in [1.165, 1.54) is 0 Å². The van der Waals surface area contributed by atoms with Gasteiger partial charge in [-0.05, 0) is 24.1 Å². The Labute approximate surface area is 101 Å². The summed E-state index contributed by atoms with van der Waals surface area (Å²) in [4.78, 5) is 0.239. The Kier molecular flexibility index (Phi) is 4.53. The molecule has 0 spiro atoms. The number of halogens is 1. The molecule has 0 amide bonds. The molecule has 5 heteroatoms. The highest BCUT2D eigenvalue weighted by atomic mass is 35.5. The third-order valence-electron chi connectivity index (χ3n) is 2.10. The fourth-order valence-corrected chi connectivity index (χ4v) is 2.33. The molecule has 0 fully saturated rings. The molecule has 0 unspecified atom stereocenters. The lowest BCUT2D eigenvalue weighted by molar-refractivity contribution is 0.585. The van der Waals surface area contributed by atoms with Crippen molar-refractivity contribution in [1.29, 1.82) is 0 Å². The molecule has 88 valence electrons. The van der Waals surface area contributed by atoms with E-state index in [0.717, 1.165) is 12.0 Å². The van der Waals surface area contributed by atoms with Crippen LogP contribution in [0.4, 0.5) is 0 Å². The van der Waals surface area contributed by atoms with E-state index < -0.39 is 10.0 Å². The van der Waals surface area contributed by atoms with Gasteiger partial charge < -0.3 is 0 Å². The molecule has 1 aromatic rings. The minimum atomic E-state index is -3.48. The molecular weight excluding hydrogens is 246 g/mol. The Balaban J connectivity index is 2.85. The highest BCUT2D eigenvalue weighted by Crippen LogP contribution is 2.11. The molecule has 16 heavy (non-hydrogen) atoms. The van der Waals surface area contributed by atoms with Crippen LogP contribution in [0.25, 0.3) is 0 Å². The summed E-state index contributed by atoms with van der Waals surface area (Å²) in [7, 11) is -3.48. The molecule has 0 saturated carbocycles. The number of rotatable bonds is 5. The number of nitrogens with one attached hydrogen (secondary N) is 1. The van der Waals surface area contributed by atoms with Crippen LogP contribution in [0, 0.1) is 0 Å². The monoisotopic (exact) mass is 259 g/mol. The summed E-state index contributed by atoms with van der Waals surface area (Å²) in [5, 5.41) is 0.258. The zero-order chi connectivity index (χ0) is 12.2. The Morgan fingerprint density at radius 3 is 2.38 bits per heavy atom. The van der Waals surface area contributed by atoms with Gasteiger partial charge in [0, 0.05) is 11.6 Å². The van der Waals surface area contributed by atoms with E-state index in [-0.39, 0.29) is 16.5 Å². The van der Waals surface area contributed by atoms with Crippen LogP contribution in [-0.4, -0.2) is 15.0 Å². The Morgan fingerprint density at radius 1 is 1.38 bits per heavy atom. The second kappa shape index (κ2) is 5.48. The predicted octanol–water partition coefficient (Wildman–Crippen LogP) is 2.28. The van der Waals surface area contributed by atoms with Gasteiger partial charge in [0.25, 0.3) is 0 Å². The van der Waals surface area contributed by atoms with Crippen molar-refractivity contribution in [3.63, 3.8) is 0 Å². The van der Waals surface area contributed by atoms with Crippen LogP contribution in [0.15, 0.2) is 40.8 Å². The molecule has 0 atom stereocenters. The van der Waals surface area contributed by atoms with Crippen LogP contribution in [0.5, 0.6) is 0 Å². The summed E-state index contributed by atoms with van der Waals surface area (Å²) in [5.41, 5.74) is 1.10. The van der Waals surface area contributed by atoms with Crippen LogP contribution in [0.3, 0.4) is 0 Å². The van der Waals surface area contributed by atoms with Crippen molar-refractivity contribution in [2.75, 3.05) is 6.54 Å². The largest absolute Gasteiger partial charge is 0.240 e. The molecule has 0 aliphatic carbocycles. The van der Waals surface area contributed by atoms with Crippen LogP contribution in [0.2, 0.25) is 0 Å². The minimum Gasteiger partial charge on any atom is -0.207 e. The molecule has 1 aromatic carbocycles. The zero-order valence-electron chi connectivity index (χ0n) is 9.03. The molecule has 0 aliphatic rings. The van der Waals surface area contributed by atoms with Crippen LogP contribution >= 0.6 is 11.6 Å². The van der Waals surface area contributed by atoms with Gasteiger partial charge in [-0.2, -0.15) is 0 Å². The van der Waals surface area contributed by atoms with Crippen molar-refractivity contribution < 1.29 is 8.42 Å². The SMILES string of the molecule is C=C(Cl)CNS(=O)(=O)c1ccc(CC)cc1. The van der Waals surface area contributed by atoms with Gasteiger partial charge in [-0.25, -0.2) is 13.1 Å². The first-order chi connectivity index (χ1) is 7.45. The third-order valence-corrected chi connectivity index (χ3v) is 3.65. The van der Waals surface area contributed by atoms with E-state index in [1.54, 1.807) is 24.3 Å². The van der Waals surface area contributed by atoms with Gasteiger partial charge in [0.05, 0.1) is 4.90 Å². The lowest BCUT2D eigenvalue weighted by atomic mass is 10.2. The Hall–Kier alpha value is -0.840. The van der Waals surface area contributed by atoms with Gasteiger partial charge in [-0.15, -0.1) is 0 Å². The molecule has 0 heterocycles. The molecule has 1 rings (SSSR count). The van der Waals surface area contributed by atoms with E-state index in [4.69, 9.17) is 11.6 Å². The third kappa shape index (κ3) is 3.63. The zero-order valence-corrected chi connectivity index (χ0v) is 10.6. The van der Waals surface area contributed by atoms with Gasteiger partial charge in [-0.1, -0.05) is 37.2 Å². The van der Waals surface area contributed by atoms with Crippen molar-refractivity contribution in [2.45, 2.75) is 18.2 Å². The fourth-order valence-electron chi connectivity index (χ4n) is 1.16. The first-order valence-corrected chi connectivity index (χ1v) is 6.73. The molecule has 1 N–H and O–H groups in total. The lowest BCUT2D eigenvalue weighted by Gasteiger charge is -2.06. The van der Waals surface area contributed by atoms with Crippen LogP contribution < -0.4 is 4.72 Å². The summed E-state index contributed by atoms with van der Waals surface area (Å²) in [6.07, 6.45) is 0.881. The molecule has 0 saturated heterocycles. The first-order valence-electron chi connectivity index (χ1n) is 4.87. The number of benzene rings is 1. The van der Waals surface area contributed by atoms with Crippen molar-refractivity contribution >= 4 is 21.6 Å². The summed E-state index contributed by atoms with van der Waals surface area (Å²) in [6, 6.07) is 6.75. The van der Waals surface area contributed by atoms with Gasteiger partial charge in [-0.3, -0.25) is 0 Å². The standard InChI is InChI=1S/C11H14ClNO2S/c1-3-10-4-6-11(7-5-10)16(14,15)13-8-9(2)12/h4-7,13H,2-3,8H2,1H3. The minimum absolute atomic E-state index is 0.0411. The molecule has 0 aliphatic heterocycles. The van der Waals surface area contributed by atoms with Crippen LogP contribution in [-0.2, 0) is 16.4 Å². The number of hydrogen-bond acceptors (Lipinski definition) is 2. The summed E-state index contributed by atoms with van der Waals surface area (Å²) < 4.78 is 25.8. The van der Waals surface area contributed by atoms with Crippen LogP contribution in [0.1, 0.15) is 12.5 Å². The van der Waals surface area contributed by atoms with Gasteiger partial charge in [0.1, 0.15) is 0 Å². The topological polar surface area (TPSA) is 46.2 Å². The molecule has 3 nitrogen and oxygen atoms in total. The van der Waals surface area contributed by atoms with Crippen molar-refractivity contribution in [3.05, 3.63) is 41.4 Å². The maximum Gasteiger partial charge on any atom is 0.240 e. The molecular formula is C11H14ClNO2S. The summed E-state index contributed by atoms with van der Waals surface area (Å²) >= 11 is 5.50. The smallest absolute Gasteiger partial charge is 0.207 e. The van der Waals surface area contributed by atoms with E-state index in [9.17, 15) is 8.42 Å². The normalized spacial score (nSPS) is 11.4.